The van der Waals surface area contributed by atoms with Crippen molar-refractivity contribution in [3.8, 4) is 0 Å². The van der Waals surface area contributed by atoms with Crippen LogP contribution >= 0.6 is 0 Å². The molecule has 0 atom stereocenters. The standard InChI is InChI=1S/C18H28N2O2/c1-14-5-4-6-15(11-14)17(2,3)13-20-16(21)18(12-19)7-9-22-10-8-18/h4-6,11H,7-10,12-13,19H2,1-3H3,(H,20,21). The number of aryl methyl sites for hydroxylation is 1. The third-order valence-corrected chi connectivity index (χ3v) is 4.81. The lowest BCUT2D eigenvalue weighted by atomic mass is 9.78. The Bertz CT molecular complexity index is 520. The highest BCUT2D eigenvalue weighted by molar-refractivity contribution is 5.83. The third kappa shape index (κ3) is 3.68. The van der Waals surface area contributed by atoms with E-state index in [0.29, 0.717) is 39.1 Å². The third-order valence-electron chi connectivity index (χ3n) is 4.81. The van der Waals surface area contributed by atoms with Gasteiger partial charge >= 0.3 is 0 Å². The van der Waals surface area contributed by atoms with Gasteiger partial charge in [0.15, 0.2) is 0 Å². The van der Waals surface area contributed by atoms with Gasteiger partial charge in [-0.3, -0.25) is 4.79 Å². The minimum Gasteiger partial charge on any atom is -0.381 e. The lowest BCUT2D eigenvalue weighted by molar-refractivity contribution is -0.136. The molecule has 1 aromatic carbocycles. The minimum atomic E-state index is -0.457. The number of hydrogen-bond acceptors (Lipinski definition) is 3. The average molecular weight is 304 g/mol. The molecule has 1 aliphatic heterocycles. The van der Waals surface area contributed by atoms with Gasteiger partial charge in [0.05, 0.1) is 5.41 Å². The first-order valence-electron chi connectivity index (χ1n) is 8.03. The summed E-state index contributed by atoms with van der Waals surface area (Å²) in [5.41, 5.74) is 7.80. The van der Waals surface area contributed by atoms with Crippen molar-refractivity contribution >= 4 is 5.91 Å². The van der Waals surface area contributed by atoms with E-state index >= 15 is 0 Å². The predicted molar refractivity (Wildman–Crippen MR) is 88.8 cm³/mol. The Kier molecular flexibility index (Phi) is 5.24. The highest BCUT2D eigenvalue weighted by atomic mass is 16.5. The van der Waals surface area contributed by atoms with Crippen molar-refractivity contribution in [2.45, 2.75) is 39.0 Å². The molecule has 2 rings (SSSR count). The summed E-state index contributed by atoms with van der Waals surface area (Å²) in [5.74, 6) is 0.0685. The second-order valence-electron chi connectivity index (χ2n) is 7.03. The van der Waals surface area contributed by atoms with E-state index in [0.717, 1.165) is 0 Å². The number of nitrogens with two attached hydrogens (primary N) is 1. The summed E-state index contributed by atoms with van der Waals surface area (Å²) in [7, 11) is 0. The van der Waals surface area contributed by atoms with Gasteiger partial charge in [-0.05, 0) is 25.3 Å². The summed E-state index contributed by atoms with van der Waals surface area (Å²) in [6, 6.07) is 8.45. The van der Waals surface area contributed by atoms with Gasteiger partial charge in [-0.15, -0.1) is 0 Å². The van der Waals surface area contributed by atoms with E-state index in [1.807, 2.05) is 0 Å². The Morgan fingerprint density at radius 2 is 2.05 bits per heavy atom. The molecule has 122 valence electrons. The van der Waals surface area contributed by atoms with Crippen LogP contribution in [0.15, 0.2) is 24.3 Å². The first-order chi connectivity index (χ1) is 10.4. The van der Waals surface area contributed by atoms with Gasteiger partial charge in [-0.1, -0.05) is 43.7 Å². The maximum absolute atomic E-state index is 12.6. The number of ether oxygens (including phenoxy) is 1. The monoisotopic (exact) mass is 304 g/mol. The molecular formula is C18H28N2O2. The van der Waals surface area contributed by atoms with E-state index in [2.05, 4.69) is 50.4 Å². The van der Waals surface area contributed by atoms with Crippen molar-refractivity contribution in [3.63, 3.8) is 0 Å². The quantitative estimate of drug-likeness (QED) is 0.876. The highest BCUT2D eigenvalue weighted by Crippen LogP contribution is 2.30. The molecule has 22 heavy (non-hydrogen) atoms. The summed E-state index contributed by atoms with van der Waals surface area (Å²) < 4.78 is 5.37. The number of hydrogen-bond donors (Lipinski definition) is 2. The van der Waals surface area contributed by atoms with Crippen molar-refractivity contribution in [2.24, 2.45) is 11.1 Å². The lowest BCUT2D eigenvalue weighted by Crippen LogP contribution is -2.51. The number of amides is 1. The normalized spacial score (nSPS) is 18.0. The number of benzene rings is 1. The van der Waals surface area contributed by atoms with Crippen molar-refractivity contribution < 1.29 is 9.53 Å². The van der Waals surface area contributed by atoms with Crippen LogP contribution in [0, 0.1) is 12.3 Å². The van der Waals surface area contributed by atoms with Crippen LogP contribution in [-0.4, -0.2) is 32.2 Å². The van der Waals surface area contributed by atoms with Crippen molar-refractivity contribution in [1.82, 2.24) is 5.32 Å². The van der Waals surface area contributed by atoms with Crippen LogP contribution in [-0.2, 0) is 14.9 Å². The largest absolute Gasteiger partial charge is 0.381 e. The first-order valence-corrected chi connectivity index (χ1v) is 8.03. The average Bonchev–Trinajstić information content (AvgIpc) is 2.53. The molecule has 0 aliphatic carbocycles. The lowest BCUT2D eigenvalue weighted by Gasteiger charge is -2.36. The van der Waals surface area contributed by atoms with Gasteiger partial charge in [-0.25, -0.2) is 0 Å². The molecular weight excluding hydrogens is 276 g/mol. The Morgan fingerprint density at radius 3 is 2.64 bits per heavy atom. The van der Waals surface area contributed by atoms with E-state index in [1.165, 1.54) is 11.1 Å². The van der Waals surface area contributed by atoms with Crippen molar-refractivity contribution in [1.29, 1.82) is 0 Å². The van der Waals surface area contributed by atoms with E-state index in [-0.39, 0.29) is 11.3 Å². The SMILES string of the molecule is Cc1cccc(C(C)(C)CNC(=O)C2(CN)CCOCC2)c1. The fourth-order valence-electron chi connectivity index (χ4n) is 2.94. The molecule has 0 unspecified atom stereocenters. The van der Waals surface area contributed by atoms with Gasteiger partial charge < -0.3 is 15.8 Å². The number of carbonyl (C=O) groups excluding carboxylic acids is 1. The van der Waals surface area contributed by atoms with E-state index in [1.54, 1.807) is 0 Å². The van der Waals surface area contributed by atoms with Crippen LogP contribution in [0.2, 0.25) is 0 Å². The summed E-state index contributed by atoms with van der Waals surface area (Å²) in [5, 5.41) is 3.13. The van der Waals surface area contributed by atoms with Crippen molar-refractivity contribution in [3.05, 3.63) is 35.4 Å². The summed E-state index contributed by atoms with van der Waals surface area (Å²) >= 11 is 0. The Balaban J connectivity index is 2.03. The van der Waals surface area contributed by atoms with Crippen LogP contribution < -0.4 is 11.1 Å². The molecule has 1 fully saturated rings. The van der Waals surface area contributed by atoms with Crippen LogP contribution in [0.25, 0.3) is 0 Å². The van der Waals surface area contributed by atoms with Crippen LogP contribution in [0.3, 0.4) is 0 Å². The molecule has 0 aromatic heterocycles. The van der Waals surface area contributed by atoms with Gasteiger partial charge in [0.25, 0.3) is 0 Å². The highest BCUT2D eigenvalue weighted by Gasteiger charge is 2.39. The topological polar surface area (TPSA) is 64.4 Å². The van der Waals surface area contributed by atoms with E-state index in [9.17, 15) is 4.79 Å². The summed E-state index contributed by atoms with van der Waals surface area (Å²) in [4.78, 5) is 12.6. The molecule has 0 bridgehead atoms. The molecule has 3 N–H and O–H groups in total. The molecule has 0 spiro atoms. The number of carbonyl (C=O) groups is 1. The summed E-state index contributed by atoms with van der Waals surface area (Å²) in [6.45, 7) is 8.62. The molecule has 0 saturated carbocycles. The maximum Gasteiger partial charge on any atom is 0.227 e. The van der Waals surface area contributed by atoms with Crippen LogP contribution in [0.1, 0.15) is 37.8 Å². The number of rotatable bonds is 5. The molecule has 1 aromatic rings. The minimum absolute atomic E-state index is 0.0685. The van der Waals surface area contributed by atoms with Gasteiger partial charge in [-0.2, -0.15) is 0 Å². The molecule has 4 heteroatoms. The zero-order valence-corrected chi connectivity index (χ0v) is 13.9. The zero-order valence-electron chi connectivity index (χ0n) is 13.9. The van der Waals surface area contributed by atoms with Crippen LogP contribution in [0.5, 0.6) is 0 Å². The molecule has 1 amide bonds. The Morgan fingerprint density at radius 1 is 1.36 bits per heavy atom. The maximum atomic E-state index is 12.6. The first kappa shape index (κ1) is 17.0. The zero-order chi connectivity index (χ0) is 16.2. The molecule has 4 nitrogen and oxygen atoms in total. The predicted octanol–water partition coefficient (Wildman–Crippen LogP) is 2.14. The van der Waals surface area contributed by atoms with Gasteiger partial charge in [0.2, 0.25) is 5.91 Å². The van der Waals surface area contributed by atoms with Crippen LogP contribution in [0.4, 0.5) is 0 Å². The fourth-order valence-corrected chi connectivity index (χ4v) is 2.94. The fraction of sp³-hybridized carbons (Fsp3) is 0.611. The van der Waals surface area contributed by atoms with E-state index in [4.69, 9.17) is 10.5 Å². The van der Waals surface area contributed by atoms with Gasteiger partial charge in [0.1, 0.15) is 0 Å². The Labute approximate surface area is 133 Å². The smallest absolute Gasteiger partial charge is 0.227 e. The van der Waals surface area contributed by atoms with Gasteiger partial charge in [0, 0.05) is 31.7 Å². The molecule has 1 aliphatic rings. The second kappa shape index (κ2) is 6.80. The second-order valence-corrected chi connectivity index (χ2v) is 7.03. The van der Waals surface area contributed by atoms with E-state index < -0.39 is 5.41 Å². The molecule has 1 heterocycles. The Hall–Kier alpha value is -1.39. The molecule has 1 saturated heterocycles. The molecule has 0 radical (unpaired) electrons. The number of nitrogens with one attached hydrogen (secondary N) is 1. The summed E-state index contributed by atoms with van der Waals surface area (Å²) in [6.07, 6.45) is 1.42. The van der Waals surface area contributed by atoms with Crippen molar-refractivity contribution in [2.75, 3.05) is 26.3 Å².